The van der Waals surface area contributed by atoms with Gasteiger partial charge >= 0.3 is 11.9 Å². The molecule has 30 heavy (non-hydrogen) atoms. The molecule has 0 radical (unpaired) electrons. The predicted octanol–water partition coefficient (Wildman–Crippen LogP) is 2.29. The summed E-state index contributed by atoms with van der Waals surface area (Å²) in [6.45, 7) is 6.54. The molecule has 1 aromatic carbocycles. The summed E-state index contributed by atoms with van der Waals surface area (Å²) in [7, 11) is 1.41. The minimum absolute atomic E-state index is 0.184. The van der Waals surface area contributed by atoms with E-state index in [0.29, 0.717) is 0 Å². The van der Waals surface area contributed by atoms with Crippen molar-refractivity contribution in [2.75, 3.05) is 13.7 Å². The molecule has 0 amide bonds. The monoisotopic (exact) mass is 424 g/mol. The highest BCUT2D eigenvalue weighted by Crippen LogP contribution is 2.36. The molecule has 3 rings (SSSR count). The van der Waals surface area contributed by atoms with Crippen LogP contribution in [0, 0.1) is 5.41 Å². The Morgan fingerprint density at radius 2 is 1.77 bits per heavy atom. The van der Waals surface area contributed by atoms with E-state index >= 15 is 0 Å². The zero-order valence-corrected chi connectivity index (χ0v) is 17.7. The third kappa shape index (κ3) is 5.16. The summed E-state index contributed by atoms with van der Waals surface area (Å²) >= 11 is 0. The number of hydrogen-bond donors (Lipinski definition) is 0. The van der Waals surface area contributed by atoms with E-state index in [2.05, 4.69) is 0 Å². The first-order chi connectivity index (χ1) is 14.2. The summed E-state index contributed by atoms with van der Waals surface area (Å²) in [5.41, 5.74) is 0.0185. The van der Waals surface area contributed by atoms with Crippen molar-refractivity contribution in [2.45, 2.75) is 64.7 Å². The molecule has 0 N–H and O–H groups in total. The number of benzene rings is 1. The van der Waals surface area contributed by atoms with Crippen LogP contribution in [0.2, 0.25) is 0 Å². The van der Waals surface area contributed by atoms with Crippen molar-refractivity contribution < 1.29 is 43.0 Å². The molecule has 0 aromatic heterocycles. The highest BCUT2D eigenvalue weighted by molar-refractivity contribution is 5.74. The lowest BCUT2D eigenvalue weighted by Gasteiger charge is -2.47. The van der Waals surface area contributed by atoms with Gasteiger partial charge in [0.1, 0.15) is 12.2 Å². The maximum absolute atomic E-state index is 12.3. The van der Waals surface area contributed by atoms with E-state index in [4.69, 9.17) is 33.5 Å². The molecule has 0 aliphatic carbocycles. The van der Waals surface area contributed by atoms with Crippen LogP contribution in [0.1, 0.15) is 39.5 Å². The second kappa shape index (κ2) is 9.40. The highest BCUT2D eigenvalue weighted by atomic mass is 17.2. The number of carbonyl (C=O) groups excluding carboxylic acids is 2. The summed E-state index contributed by atoms with van der Waals surface area (Å²) in [5.74, 6) is -1.14. The quantitative estimate of drug-likeness (QED) is 0.400. The average Bonchev–Trinajstić information content (AvgIpc) is 2.71. The van der Waals surface area contributed by atoms with E-state index in [1.54, 1.807) is 20.8 Å². The molecule has 1 unspecified atom stereocenters. The van der Waals surface area contributed by atoms with E-state index in [0.717, 1.165) is 5.56 Å². The molecule has 9 heteroatoms. The molecule has 2 fully saturated rings. The van der Waals surface area contributed by atoms with Crippen LogP contribution in [0.15, 0.2) is 30.3 Å². The van der Waals surface area contributed by atoms with Gasteiger partial charge in [-0.05, 0) is 20.8 Å². The van der Waals surface area contributed by atoms with Gasteiger partial charge in [-0.15, -0.1) is 0 Å². The normalized spacial score (nSPS) is 31.5. The molecule has 166 valence electrons. The maximum atomic E-state index is 12.3. The van der Waals surface area contributed by atoms with Gasteiger partial charge in [-0.3, -0.25) is 9.68 Å². The minimum Gasteiger partial charge on any atom is -0.454 e. The van der Waals surface area contributed by atoms with Crippen molar-refractivity contribution >= 4 is 11.9 Å². The van der Waals surface area contributed by atoms with Gasteiger partial charge < -0.3 is 23.7 Å². The van der Waals surface area contributed by atoms with Crippen LogP contribution in [-0.4, -0.2) is 56.4 Å². The van der Waals surface area contributed by atoms with Crippen molar-refractivity contribution in [1.82, 2.24) is 0 Å². The number of fused-ring (bicyclic) bond motifs is 1. The van der Waals surface area contributed by atoms with Crippen molar-refractivity contribution in [1.29, 1.82) is 0 Å². The van der Waals surface area contributed by atoms with Crippen LogP contribution in [0.3, 0.4) is 0 Å². The molecular formula is C21H28O9. The van der Waals surface area contributed by atoms with Crippen LogP contribution in [-0.2, 0) is 43.0 Å². The lowest BCUT2D eigenvalue weighted by molar-refractivity contribution is -0.410. The summed E-state index contributed by atoms with van der Waals surface area (Å²) in [6.07, 6.45) is -4.96. The fourth-order valence-corrected chi connectivity index (χ4v) is 3.17. The van der Waals surface area contributed by atoms with E-state index in [1.807, 2.05) is 30.3 Å². The van der Waals surface area contributed by atoms with Gasteiger partial charge in [0.2, 0.25) is 0 Å². The van der Waals surface area contributed by atoms with Crippen LogP contribution < -0.4 is 0 Å². The van der Waals surface area contributed by atoms with Gasteiger partial charge in [-0.1, -0.05) is 30.3 Å². The summed E-state index contributed by atoms with van der Waals surface area (Å²) in [6, 6.07) is 9.36. The molecule has 2 heterocycles. The Morgan fingerprint density at radius 3 is 2.37 bits per heavy atom. The highest BCUT2D eigenvalue weighted by Gasteiger charge is 2.54. The molecule has 0 bridgehead atoms. The molecule has 2 saturated heterocycles. The molecule has 6 atom stereocenters. The van der Waals surface area contributed by atoms with Crippen LogP contribution in [0.25, 0.3) is 0 Å². The standard InChI is InChI=1S/C21H28O9/c1-12(22)26-17-16(29-30-20(23)21(2,3)4)15-14(27-19(17)24-5)11-25-18(28-15)13-9-7-6-8-10-13/h6-10,14-19H,11H2,1-5H3/t14-,15-,16+,17-,18?,19+/m1/s1. The first kappa shape index (κ1) is 22.6. The average molecular weight is 424 g/mol. The number of methoxy groups -OCH3 is 1. The summed E-state index contributed by atoms with van der Waals surface area (Å²) in [5, 5.41) is 0. The zero-order chi connectivity index (χ0) is 21.9. The number of hydrogen-bond acceptors (Lipinski definition) is 9. The maximum Gasteiger partial charge on any atom is 0.347 e. The second-order valence-corrected chi connectivity index (χ2v) is 8.21. The Kier molecular flexibility index (Phi) is 7.10. The first-order valence-corrected chi connectivity index (χ1v) is 9.76. The number of carbonyl (C=O) groups is 2. The van der Waals surface area contributed by atoms with Gasteiger partial charge in [0, 0.05) is 19.6 Å². The number of esters is 1. The molecule has 2 aliphatic heterocycles. The van der Waals surface area contributed by atoms with E-state index in [9.17, 15) is 9.59 Å². The fraction of sp³-hybridized carbons (Fsp3) is 0.619. The molecular weight excluding hydrogens is 396 g/mol. The van der Waals surface area contributed by atoms with E-state index < -0.39 is 54.3 Å². The van der Waals surface area contributed by atoms with E-state index in [-0.39, 0.29) is 6.61 Å². The number of rotatable bonds is 5. The third-order valence-electron chi connectivity index (χ3n) is 4.74. The van der Waals surface area contributed by atoms with Gasteiger partial charge in [0.05, 0.1) is 12.0 Å². The Bertz CT molecular complexity index is 730. The second-order valence-electron chi connectivity index (χ2n) is 8.21. The van der Waals surface area contributed by atoms with Crippen LogP contribution >= 0.6 is 0 Å². The molecule has 0 saturated carbocycles. The van der Waals surface area contributed by atoms with Gasteiger partial charge in [0.25, 0.3) is 0 Å². The first-order valence-electron chi connectivity index (χ1n) is 9.76. The zero-order valence-electron chi connectivity index (χ0n) is 17.7. The topological polar surface area (TPSA) is 98.8 Å². The van der Waals surface area contributed by atoms with Gasteiger partial charge in [-0.25, -0.2) is 4.79 Å². The molecule has 0 spiro atoms. The Hall–Kier alpha value is -2.04. The third-order valence-corrected chi connectivity index (χ3v) is 4.74. The lowest BCUT2D eigenvalue weighted by atomic mass is 9.97. The fourth-order valence-electron chi connectivity index (χ4n) is 3.17. The SMILES string of the molecule is CO[C@H]1O[C@@H]2COC(c3ccccc3)O[C@H]2[C@H](OOC(=O)C(C)(C)C)[C@H]1OC(C)=O. The summed E-state index contributed by atoms with van der Waals surface area (Å²) in [4.78, 5) is 34.5. The minimum atomic E-state index is -1.02. The molecule has 2 aliphatic rings. The van der Waals surface area contributed by atoms with Crippen molar-refractivity contribution in [2.24, 2.45) is 5.41 Å². The van der Waals surface area contributed by atoms with Gasteiger partial charge in [0.15, 0.2) is 24.8 Å². The Balaban J connectivity index is 1.84. The largest absolute Gasteiger partial charge is 0.454 e. The van der Waals surface area contributed by atoms with Crippen molar-refractivity contribution in [3.8, 4) is 0 Å². The Labute approximate surface area is 175 Å². The van der Waals surface area contributed by atoms with E-state index in [1.165, 1.54) is 14.0 Å². The Morgan fingerprint density at radius 1 is 1.07 bits per heavy atom. The van der Waals surface area contributed by atoms with Crippen molar-refractivity contribution in [3.63, 3.8) is 0 Å². The van der Waals surface area contributed by atoms with Gasteiger partial charge in [-0.2, -0.15) is 4.89 Å². The molecule has 9 nitrogen and oxygen atoms in total. The summed E-state index contributed by atoms with van der Waals surface area (Å²) < 4.78 is 28.5. The molecule has 1 aromatic rings. The number of ether oxygens (including phenoxy) is 5. The van der Waals surface area contributed by atoms with Crippen LogP contribution in [0.5, 0.6) is 0 Å². The van der Waals surface area contributed by atoms with Crippen molar-refractivity contribution in [3.05, 3.63) is 35.9 Å². The van der Waals surface area contributed by atoms with Crippen LogP contribution in [0.4, 0.5) is 0 Å². The predicted molar refractivity (Wildman–Crippen MR) is 102 cm³/mol. The lowest BCUT2D eigenvalue weighted by Crippen LogP contribution is -2.64. The smallest absolute Gasteiger partial charge is 0.347 e.